The van der Waals surface area contributed by atoms with Crippen LogP contribution < -0.4 is 0 Å². The van der Waals surface area contributed by atoms with E-state index in [-0.39, 0.29) is 34.1 Å². The van der Waals surface area contributed by atoms with E-state index >= 15 is 0 Å². The molecule has 0 aliphatic rings. The van der Waals surface area contributed by atoms with Crippen LogP contribution in [0.5, 0.6) is 0 Å². The molecule has 4 aromatic rings. The van der Waals surface area contributed by atoms with Gasteiger partial charge in [0, 0.05) is 67.7 Å². The maximum absolute atomic E-state index is 4.33. The monoisotopic (exact) mass is 442 g/mol. The Morgan fingerprint density at radius 1 is 0.423 bits per heavy atom. The van der Waals surface area contributed by atoms with E-state index in [2.05, 4.69) is 19.9 Å². The quantitative estimate of drug-likeness (QED) is 0.376. The Bertz CT molecular complexity index is 862. The summed E-state index contributed by atoms with van der Waals surface area (Å²) in [5.41, 5.74) is 5.74. The summed E-state index contributed by atoms with van der Waals surface area (Å²) in [7, 11) is 0. The molecule has 0 unspecified atom stereocenters. The van der Waals surface area contributed by atoms with E-state index in [0.717, 1.165) is 44.8 Å². The summed E-state index contributed by atoms with van der Waals surface area (Å²) in [6, 6.07) is 16.2. The zero-order chi connectivity index (χ0) is 17.1. The first-order chi connectivity index (χ1) is 11.5. The summed E-state index contributed by atoms with van der Waals surface area (Å²) in [6.45, 7) is 7.90. The predicted octanol–water partition coefficient (Wildman–Crippen LogP) is 4.49. The third-order valence-corrected chi connectivity index (χ3v) is 3.66. The third kappa shape index (κ3) is 5.58. The van der Waals surface area contributed by atoms with Crippen LogP contribution in [0.1, 0.15) is 22.8 Å². The van der Waals surface area contributed by atoms with Gasteiger partial charge < -0.3 is 0 Å². The molecule has 0 saturated carbocycles. The van der Waals surface area contributed by atoms with Gasteiger partial charge in [-0.05, 0) is 76.2 Å². The Balaban J connectivity index is 0.000000241. The second kappa shape index (κ2) is 9.75. The van der Waals surface area contributed by atoms with Crippen molar-refractivity contribution < 1.29 is 34.1 Å². The number of aryl methyl sites for hydroxylation is 4. The first-order valence-electron chi connectivity index (χ1n) is 7.93. The number of rotatable bonds is 0. The largest absolute Gasteiger partial charge is 0.233 e. The van der Waals surface area contributed by atoms with Crippen molar-refractivity contribution in [2.75, 3.05) is 0 Å². The summed E-state index contributed by atoms with van der Waals surface area (Å²) in [4.78, 5) is 17.3. The minimum absolute atomic E-state index is 0. The Morgan fingerprint density at radius 2 is 0.654 bits per heavy atom. The fourth-order valence-electron chi connectivity index (χ4n) is 2.38. The molecule has 4 nitrogen and oxygen atoms in total. The first kappa shape index (κ1) is 22.2. The molecule has 2 radical (unpaired) electrons. The molecule has 0 spiro atoms. The van der Waals surface area contributed by atoms with Crippen LogP contribution in [-0.2, 0) is 34.1 Å². The Kier molecular flexibility index (Phi) is 8.32. The molecule has 4 aromatic heterocycles. The predicted molar refractivity (Wildman–Crippen MR) is 98.0 cm³/mol. The van der Waals surface area contributed by atoms with Crippen LogP contribution in [0.25, 0.3) is 22.1 Å². The van der Waals surface area contributed by atoms with Crippen LogP contribution in [-0.4, -0.2) is 19.9 Å². The molecule has 6 heteroatoms. The van der Waals surface area contributed by atoms with Gasteiger partial charge in [0.2, 0.25) is 0 Å². The molecule has 0 aliphatic carbocycles. The Labute approximate surface area is 174 Å². The molecule has 0 saturated heterocycles. The van der Waals surface area contributed by atoms with Gasteiger partial charge in [-0.2, -0.15) is 0 Å². The number of hydrogen-bond acceptors (Lipinski definition) is 4. The smallest absolute Gasteiger partial charge is 0.159 e. The molecule has 0 fully saturated rings. The molecule has 0 atom stereocenters. The molecule has 0 amide bonds. The Hall–Kier alpha value is -1.84. The average molecular weight is 444 g/mol. The average Bonchev–Trinajstić information content (AvgIpc) is 2.54. The van der Waals surface area contributed by atoms with E-state index in [9.17, 15) is 0 Å². The summed E-state index contributed by atoms with van der Waals surface area (Å²) >= 11 is 0. The van der Waals surface area contributed by atoms with Gasteiger partial charge in [-0.15, -0.1) is 0 Å². The second-order valence-corrected chi connectivity index (χ2v) is 5.90. The minimum Gasteiger partial charge on any atom is -0.233 e. The molecule has 0 aliphatic heterocycles. The van der Waals surface area contributed by atoms with Crippen LogP contribution in [0, 0.1) is 27.7 Å². The van der Waals surface area contributed by atoms with Gasteiger partial charge in [-0.25, -0.2) is 19.9 Å². The fourth-order valence-corrected chi connectivity index (χ4v) is 2.38. The van der Waals surface area contributed by atoms with Gasteiger partial charge in [-0.1, -0.05) is 0 Å². The number of aromatic nitrogens is 4. The van der Waals surface area contributed by atoms with Crippen molar-refractivity contribution in [3.8, 4) is 0 Å². The van der Waals surface area contributed by atoms with Crippen LogP contribution in [0.4, 0.5) is 0 Å². The second-order valence-electron chi connectivity index (χ2n) is 5.90. The molecule has 26 heavy (non-hydrogen) atoms. The van der Waals surface area contributed by atoms with Crippen molar-refractivity contribution in [3.63, 3.8) is 0 Å². The van der Waals surface area contributed by atoms with Gasteiger partial charge in [0.15, 0.2) is 11.3 Å². The normalized spacial score (nSPS) is 9.69. The van der Waals surface area contributed by atoms with E-state index in [1.165, 1.54) is 0 Å². The molecular weight excluding hydrogens is 423 g/mol. The van der Waals surface area contributed by atoms with E-state index < -0.39 is 0 Å². The van der Waals surface area contributed by atoms with Crippen molar-refractivity contribution in [1.82, 2.24) is 19.9 Å². The maximum Gasteiger partial charge on any atom is 0.159 e. The van der Waals surface area contributed by atoms with Crippen LogP contribution in [0.2, 0.25) is 0 Å². The van der Waals surface area contributed by atoms with E-state index in [1.807, 2.05) is 76.2 Å². The van der Waals surface area contributed by atoms with E-state index in [4.69, 9.17) is 0 Å². The number of nitrogens with zero attached hydrogens (tertiary/aromatic N) is 4. The van der Waals surface area contributed by atoms with Crippen molar-refractivity contribution in [1.29, 1.82) is 0 Å². The maximum atomic E-state index is 4.33. The van der Waals surface area contributed by atoms with Crippen molar-refractivity contribution in [3.05, 3.63) is 71.3 Å². The molecular formula is C20H20Cu2N4. The minimum atomic E-state index is 0. The summed E-state index contributed by atoms with van der Waals surface area (Å²) in [5.74, 6) is 0. The zero-order valence-electron chi connectivity index (χ0n) is 15.0. The molecule has 0 aromatic carbocycles. The molecule has 4 rings (SSSR count). The zero-order valence-corrected chi connectivity index (χ0v) is 16.9. The number of hydrogen-bond donors (Lipinski definition) is 0. The standard InChI is InChI=1S/2C10H10N2.2Cu/c2*1-7-3-5-9-6-4-8(2)12-10(9)11-7;;/h2*3-6H,1-2H3;;. The fraction of sp³-hybridized carbons (Fsp3) is 0.200. The molecule has 0 bridgehead atoms. The van der Waals surface area contributed by atoms with Crippen LogP contribution in [0.3, 0.4) is 0 Å². The summed E-state index contributed by atoms with van der Waals surface area (Å²) in [5, 5.41) is 2.21. The summed E-state index contributed by atoms with van der Waals surface area (Å²) in [6.07, 6.45) is 0. The number of pyridine rings is 4. The summed E-state index contributed by atoms with van der Waals surface area (Å²) < 4.78 is 0. The van der Waals surface area contributed by atoms with Crippen molar-refractivity contribution in [2.45, 2.75) is 27.7 Å². The van der Waals surface area contributed by atoms with Gasteiger partial charge >= 0.3 is 0 Å². The Morgan fingerprint density at radius 3 is 0.885 bits per heavy atom. The molecule has 0 N–H and O–H groups in total. The molecule has 4 heterocycles. The topological polar surface area (TPSA) is 51.6 Å². The molecule has 142 valence electrons. The van der Waals surface area contributed by atoms with Crippen LogP contribution >= 0.6 is 0 Å². The first-order valence-corrected chi connectivity index (χ1v) is 7.93. The third-order valence-electron chi connectivity index (χ3n) is 3.66. The van der Waals surface area contributed by atoms with Crippen molar-refractivity contribution >= 4 is 22.1 Å². The van der Waals surface area contributed by atoms with E-state index in [0.29, 0.717) is 0 Å². The van der Waals surface area contributed by atoms with Gasteiger partial charge in [-0.3, -0.25) is 0 Å². The SMILES string of the molecule is Cc1ccc2ccc(C)nc2n1.Cc1ccc2ccc(C)nc2n1.[Cu].[Cu]. The van der Waals surface area contributed by atoms with E-state index in [1.54, 1.807) is 0 Å². The van der Waals surface area contributed by atoms with Crippen molar-refractivity contribution in [2.24, 2.45) is 0 Å². The van der Waals surface area contributed by atoms with Gasteiger partial charge in [0.1, 0.15) is 0 Å². The van der Waals surface area contributed by atoms with Gasteiger partial charge in [0.05, 0.1) is 0 Å². The number of fused-ring (bicyclic) bond motifs is 2. The van der Waals surface area contributed by atoms with Crippen LogP contribution in [0.15, 0.2) is 48.5 Å². The van der Waals surface area contributed by atoms with Gasteiger partial charge in [0.25, 0.3) is 0 Å².